The Morgan fingerprint density at radius 3 is 2.38 bits per heavy atom. The van der Waals surface area contributed by atoms with E-state index in [0.717, 1.165) is 0 Å². The maximum atomic E-state index is 12.6. The van der Waals surface area contributed by atoms with E-state index in [1.165, 1.54) is 4.90 Å². The fraction of sp³-hybridized carbons (Fsp3) is 0.550. The van der Waals surface area contributed by atoms with E-state index in [1.54, 1.807) is 45.0 Å². The Hall–Kier alpha value is -2.37. The molecule has 142 valence electrons. The van der Waals surface area contributed by atoms with Gasteiger partial charge in [-0.2, -0.15) is 0 Å². The third-order valence-electron chi connectivity index (χ3n) is 4.17. The van der Waals surface area contributed by atoms with Crippen LogP contribution in [0.1, 0.15) is 51.4 Å². The number of ketones is 1. The lowest BCUT2D eigenvalue weighted by Crippen LogP contribution is -2.48. The van der Waals surface area contributed by atoms with Crippen molar-refractivity contribution >= 4 is 17.8 Å². The summed E-state index contributed by atoms with van der Waals surface area (Å²) >= 11 is 0. The van der Waals surface area contributed by atoms with Gasteiger partial charge in [0.25, 0.3) is 0 Å². The number of Topliss-reactive ketones (excluding diaryl/α,β-unsaturated/α-hetero) is 1. The van der Waals surface area contributed by atoms with E-state index in [1.807, 2.05) is 19.9 Å². The number of nitrogens with zero attached hydrogens (tertiary/aromatic N) is 1. The van der Waals surface area contributed by atoms with Crippen molar-refractivity contribution in [1.82, 2.24) is 10.2 Å². The molecule has 1 fully saturated rings. The molecule has 0 aromatic heterocycles. The Bertz CT molecular complexity index is 677. The van der Waals surface area contributed by atoms with E-state index in [4.69, 9.17) is 4.74 Å². The van der Waals surface area contributed by atoms with Gasteiger partial charge < -0.3 is 10.1 Å². The predicted molar refractivity (Wildman–Crippen MR) is 98.9 cm³/mol. The fourth-order valence-corrected chi connectivity index (χ4v) is 3.03. The molecule has 26 heavy (non-hydrogen) atoms. The molecule has 6 heteroatoms. The molecule has 0 spiro atoms. The lowest BCUT2D eigenvalue weighted by molar-refractivity contribution is -0.125. The molecule has 0 aliphatic carbocycles. The Morgan fingerprint density at radius 2 is 1.81 bits per heavy atom. The Labute approximate surface area is 154 Å². The number of benzene rings is 1. The summed E-state index contributed by atoms with van der Waals surface area (Å²) in [5, 5.41) is 2.67. The smallest absolute Gasteiger partial charge is 0.410 e. The van der Waals surface area contributed by atoms with Crippen molar-refractivity contribution in [3.05, 3.63) is 35.9 Å². The van der Waals surface area contributed by atoms with Gasteiger partial charge in [-0.1, -0.05) is 44.2 Å². The molecule has 0 radical (unpaired) electrons. The molecule has 0 bridgehead atoms. The first kappa shape index (κ1) is 19.9. The normalized spacial score (nSPS) is 19.1. The SMILES string of the molecule is CC1(C)C[C@@H](C(=O)NCC(=O)c2ccccc2)N(C(=O)OC(C)(C)C)C1. The van der Waals surface area contributed by atoms with Gasteiger partial charge in [0.05, 0.1) is 6.54 Å². The van der Waals surface area contributed by atoms with Gasteiger partial charge in [-0.3, -0.25) is 14.5 Å². The highest BCUT2D eigenvalue weighted by molar-refractivity contribution is 6.00. The number of amides is 2. The zero-order valence-corrected chi connectivity index (χ0v) is 16.2. The molecule has 2 amide bonds. The second kappa shape index (κ2) is 7.48. The second-order valence-electron chi connectivity index (χ2n) is 8.50. The van der Waals surface area contributed by atoms with E-state index in [2.05, 4.69) is 5.32 Å². The van der Waals surface area contributed by atoms with Crippen LogP contribution in [0, 0.1) is 5.41 Å². The van der Waals surface area contributed by atoms with Crippen molar-refractivity contribution in [3.8, 4) is 0 Å². The summed E-state index contributed by atoms with van der Waals surface area (Å²) in [6.45, 7) is 9.73. The third kappa shape index (κ3) is 5.31. The predicted octanol–water partition coefficient (Wildman–Crippen LogP) is 3.02. The van der Waals surface area contributed by atoms with Crippen LogP contribution in [-0.4, -0.2) is 47.4 Å². The number of carbonyl (C=O) groups excluding carboxylic acids is 3. The van der Waals surface area contributed by atoms with Crippen LogP contribution in [0.3, 0.4) is 0 Å². The van der Waals surface area contributed by atoms with Crippen LogP contribution in [0.25, 0.3) is 0 Å². The average molecular weight is 360 g/mol. The number of nitrogens with one attached hydrogen (secondary N) is 1. The first-order valence-electron chi connectivity index (χ1n) is 8.84. The van der Waals surface area contributed by atoms with Gasteiger partial charge in [0.15, 0.2) is 5.78 Å². The molecule has 1 aliphatic rings. The van der Waals surface area contributed by atoms with E-state index < -0.39 is 17.7 Å². The van der Waals surface area contributed by atoms with Crippen LogP contribution in [0.5, 0.6) is 0 Å². The van der Waals surface area contributed by atoms with Crippen molar-refractivity contribution in [2.24, 2.45) is 5.41 Å². The Morgan fingerprint density at radius 1 is 1.19 bits per heavy atom. The zero-order valence-electron chi connectivity index (χ0n) is 16.2. The minimum Gasteiger partial charge on any atom is -0.444 e. The highest BCUT2D eigenvalue weighted by atomic mass is 16.6. The zero-order chi connectivity index (χ0) is 19.5. The van der Waals surface area contributed by atoms with Crippen LogP contribution in [0.4, 0.5) is 4.79 Å². The maximum Gasteiger partial charge on any atom is 0.410 e. The Balaban J connectivity index is 2.02. The van der Waals surface area contributed by atoms with E-state index in [0.29, 0.717) is 18.5 Å². The minimum absolute atomic E-state index is 0.0953. The van der Waals surface area contributed by atoms with E-state index in [-0.39, 0.29) is 23.7 Å². The summed E-state index contributed by atoms with van der Waals surface area (Å²) in [4.78, 5) is 38.8. The molecule has 0 saturated carbocycles. The summed E-state index contributed by atoms with van der Waals surface area (Å²) in [7, 11) is 0. The van der Waals surface area contributed by atoms with Gasteiger partial charge in [0.2, 0.25) is 5.91 Å². The first-order valence-corrected chi connectivity index (χ1v) is 8.84. The number of rotatable bonds is 4. The first-order chi connectivity index (χ1) is 12.0. The fourth-order valence-electron chi connectivity index (χ4n) is 3.03. The quantitative estimate of drug-likeness (QED) is 0.838. The minimum atomic E-state index is -0.636. The lowest BCUT2D eigenvalue weighted by atomic mass is 9.90. The second-order valence-corrected chi connectivity index (χ2v) is 8.50. The molecule has 0 unspecified atom stereocenters. The number of hydrogen-bond donors (Lipinski definition) is 1. The number of likely N-dealkylation sites (tertiary alicyclic amines) is 1. The van der Waals surface area contributed by atoms with Crippen molar-refractivity contribution in [2.45, 2.75) is 52.7 Å². The molecule has 1 saturated heterocycles. The molecule has 1 aromatic rings. The summed E-state index contributed by atoms with van der Waals surface area (Å²) in [6.07, 6.45) is 0.0232. The van der Waals surface area contributed by atoms with Gasteiger partial charge in [-0.15, -0.1) is 0 Å². The average Bonchev–Trinajstić information content (AvgIpc) is 2.87. The van der Waals surface area contributed by atoms with E-state index >= 15 is 0 Å². The lowest BCUT2D eigenvalue weighted by Gasteiger charge is -2.28. The molecule has 1 aromatic carbocycles. The molecule has 1 aliphatic heterocycles. The highest BCUT2D eigenvalue weighted by Crippen LogP contribution is 2.35. The van der Waals surface area contributed by atoms with Crippen LogP contribution < -0.4 is 5.32 Å². The van der Waals surface area contributed by atoms with E-state index in [9.17, 15) is 14.4 Å². The van der Waals surface area contributed by atoms with Crippen molar-refractivity contribution < 1.29 is 19.1 Å². The van der Waals surface area contributed by atoms with Gasteiger partial charge in [0.1, 0.15) is 11.6 Å². The van der Waals surface area contributed by atoms with Crippen LogP contribution in [-0.2, 0) is 9.53 Å². The standard InChI is InChI=1S/C20H28N2O4/c1-19(2,3)26-18(25)22-13-20(4,5)11-15(22)17(24)21-12-16(23)14-9-7-6-8-10-14/h6-10,15H,11-13H2,1-5H3,(H,21,24)/t15-/m0/s1. The molecular weight excluding hydrogens is 332 g/mol. The topological polar surface area (TPSA) is 75.7 Å². The molecule has 1 heterocycles. The number of carbonyl (C=O) groups is 3. The summed E-state index contributed by atoms with van der Waals surface area (Å²) in [5.41, 5.74) is -0.278. The summed E-state index contributed by atoms with van der Waals surface area (Å²) < 4.78 is 5.43. The van der Waals surface area contributed by atoms with Crippen molar-refractivity contribution in [3.63, 3.8) is 0 Å². The van der Waals surface area contributed by atoms with Crippen LogP contribution >= 0.6 is 0 Å². The molecular formula is C20H28N2O4. The Kier molecular flexibility index (Phi) is 5.74. The van der Waals surface area contributed by atoms with Gasteiger partial charge >= 0.3 is 6.09 Å². The van der Waals surface area contributed by atoms with Gasteiger partial charge in [-0.05, 0) is 32.6 Å². The maximum absolute atomic E-state index is 12.6. The van der Waals surface area contributed by atoms with Crippen LogP contribution in [0.15, 0.2) is 30.3 Å². The molecule has 1 N–H and O–H groups in total. The monoisotopic (exact) mass is 360 g/mol. The number of ether oxygens (including phenoxy) is 1. The van der Waals surface area contributed by atoms with Crippen molar-refractivity contribution in [2.75, 3.05) is 13.1 Å². The molecule has 2 rings (SSSR count). The summed E-state index contributed by atoms with van der Waals surface area (Å²) in [6, 6.07) is 8.16. The van der Waals surface area contributed by atoms with Crippen molar-refractivity contribution in [1.29, 1.82) is 0 Å². The molecule has 6 nitrogen and oxygen atoms in total. The molecule has 1 atom stereocenters. The third-order valence-corrected chi connectivity index (χ3v) is 4.17. The van der Waals surface area contributed by atoms with Crippen LogP contribution in [0.2, 0.25) is 0 Å². The summed E-state index contributed by atoms with van der Waals surface area (Å²) in [5.74, 6) is -0.495. The van der Waals surface area contributed by atoms with Gasteiger partial charge in [-0.25, -0.2) is 4.79 Å². The highest BCUT2D eigenvalue weighted by Gasteiger charge is 2.45. The van der Waals surface area contributed by atoms with Gasteiger partial charge in [0, 0.05) is 12.1 Å². The largest absolute Gasteiger partial charge is 0.444 e. The number of hydrogen-bond acceptors (Lipinski definition) is 4.